The van der Waals surface area contributed by atoms with Crippen LogP contribution in [0.5, 0.6) is 5.75 Å². The molecule has 25 heavy (non-hydrogen) atoms. The highest BCUT2D eigenvalue weighted by molar-refractivity contribution is 6.31. The zero-order chi connectivity index (χ0) is 18.4. The molecule has 1 amide bonds. The number of nitrogens with zero attached hydrogens (tertiary/aromatic N) is 2. The molecule has 1 fully saturated rings. The van der Waals surface area contributed by atoms with E-state index >= 15 is 0 Å². The number of amides is 1. The Labute approximate surface area is 150 Å². The van der Waals surface area contributed by atoms with Crippen LogP contribution in [-0.2, 0) is 9.59 Å². The van der Waals surface area contributed by atoms with Crippen molar-refractivity contribution in [3.05, 3.63) is 35.0 Å². The van der Waals surface area contributed by atoms with Crippen LogP contribution < -0.4 is 10.1 Å². The van der Waals surface area contributed by atoms with Crippen LogP contribution in [0.3, 0.4) is 0 Å². The van der Waals surface area contributed by atoms with Gasteiger partial charge in [-0.05, 0) is 31.0 Å². The number of carbonyl (C=O) groups excluding carboxylic acids is 1. The molecule has 2 rings (SSSR count). The molecule has 0 unspecified atom stereocenters. The summed E-state index contributed by atoms with van der Waals surface area (Å²) in [6, 6.07) is 6.65. The van der Waals surface area contributed by atoms with Crippen molar-refractivity contribution in [1.29, 1.82) is 5.26 Å². The molecular formula is C17H18ClN3O4. The number of carboxylic acid groups (broad SMARTS) is 1. The number of rotatable bonds is 5. The first-order valence-corrected chi connectivity index (χ1v) is 8.06. The zero-order valence-corrected chi connectivity index (χ0v) is 14.4. The number of methoxy groups -OCH3 is 1. The van der Waals surface area contributed by atoms with Crippen molar-refractivity contribution < 1.29 is 19.4 Å². The third kappa shape index (κ3) is 4.88. The Morgan fingerprint density at radius 3 is 2.68 bits per heavy atom. The minimum absolute atomic E-state index is 0.0733. The van der Waals surface area contributed by atoms with E-state index in [0.29, 0.717) is 42.4 Å². The number of nitrogens with one attached hydrogen (secondary N) is 1. The normalized spacial score (nSPS) is 15.4. The van der Waals surface area contributed by atoms with Gasteiger partial charge in [-0.25, -0.2) is 0 Å². The summed E-state index contributed by atoms with van der Waals surface area (Å²) in [6.07, 6.45) is 2.42. The number of halogens is 1. The third-order valence-electron chi connectivity index (χ3n) is 3.97. The van der Waals surface area contributed by atoms with E-state index < -0.39 is 11.9 Å². The van der Waals surface area contributed by atoms with E-state index in [1.807, 2.05) is 6.07 Å². The number of aliphatic carboxylic acids is 1. The van der Waals surface area contributed by atoms with Crippen LogP contribution in [0.2, 0.25) is 5.02 Å². The van der Waals surface area contributed by atoms with E-state index in [1.54, 1.807) is 17.0 Å². The van der Waals surface area contributed by atoms with E-state index in [4.69, 9.17) is 21.4 Å². The lowest BCUT2D eigenvalue weighted by atomic mass is 9.97. The monoisotopic (exact) mass is 363 g/mol. The van der Waals surface area contributed by atoms with Gasteiger partial charge in [0.15, 0.2) is 0 Å². The number of benzene rings is 1. The molecule has 0 atom stereocenters. The van der Waals surface area contributed by atoms with Crippen LogP contribution in [0.1, 0.15) is 12.8 Å². The predicted molar refractivity (Wildman–Crippen MR) is 92.3 cm³/mol. The van der Waals surface area contributed by atoms with Gasteiger partial charge in [0.25, 0.3) is 5.91 Å². The van der Waals surface area contributed by atoms with Gasteiger partial charge in [-0.2, -0.15) is 5.26 Å². The highest BCUT2D eigenvalue weighted by Gasteiger charge is 2.24. The van der Waals surface area contributed by atoms with Crippen LogP contribution in [0, 0.1) is 17.2 Å². The fourth-order valence-electron chi connectivity index (χ4n) is 2.56. The molecule has 1 aliphatic rings. The van der Waals surface area contributed by atoms with E-state index in [2.05, 4.69) is 5.32 Å². The number of hydrogen-bond acceptors (Lipinski definition) is 5. The van der Waals surface area contributed by atoms with Gasteiger partial charge in [0.05, 0.1) is 18.7 Å². The first-order chi connectivity index (χ1) is 11.9. The van der Waals surface area contributed by atoms with Crippen molar-refractivity contribution in [2.75, 3.05) is 25.5 Å². The van der Waals surface area contributed by atoms with Crippen molar-refractivity contribution in [2.24, 2.45) is 5.92 Å². The van der Waals surface area contributed by atoms with E-state index in [9.17, 15) is 14.9 Å². The number of ether oxygens (including phenoxy) is 1. The first kappa shape index (κ1) is 18.6. The summed E-state index contributed by atoms with van der Waals surface area (Å²) in [5.74, 6) is -1.34. The lowest BCUT2D eigenvalue weighted by molar-refractivity contribution is -0.143. The fraction of sp³-hybridized carbons (Fsp3) is 0.353. The Morgan fingerprint density at radius 1 is 1.44 bits per heavy atom. The molecule has 1 saturated heterocycles. The van der Waals surface area contributed by atoms with Crippen LogP contribution in [0.4, 0.5) is 5.69 Å². The number of hydrogen-bond donors (Lipinski definition) is 2. The second-order valence-corrected chi connectivity index (χ2v) is 6.04. The molecule has 0 spiro atoms. The minimum Gasteiger partial charge on any atom is -0.495 e. The predicted octanol–water partition coefficient (Wildman–Crippen LogP) is 2.49. The van der Waals surface area contributed by atoms with Crippen LogP contribution in [0.15, 0.2) is 30.0 Å². The Hall–Kier alpha value is -2.72. The Bertz CT molecular complexity index is 734. The summed E-state index contributed by atoms with van der Waals surface area (Å²) < 4.78 is 5.16. The molecule has 1 aliphatic heterocycles. The smallest absolute Gasteiger partial charge is 0.306 e. The molecule has 132 valence electrons. The summed E-state index contributed by atoms with van der Waals surface area (Å²) in [6.45, 7) is 0.964. The molecule has 0 aliphatic carbocycles. The average molecular weight is 364 g/mol. The molecule has 1 aromatic rings. The largest absolute Gasteiger partial charge is 0.495 e. The van der Waals surface area contributed by atoms with Gasteiger partial charge in [0.1, 0.15) is 17.4 Å². The van der Waals surface area contributed by atoms with E-state index in [-0.39, 0.29) is 11.5 Å². The summed E-state index contributed by atoms with van der Waals surface area (Å²) in [5, 5.41) is 21.3. The van der Waals surface area contributed by atoms with Gasteiger partial charge >= 0.3 is 5.97 Å². The second-order valence-electron chi connectivity index (χ2n) is 5.60. The van der Waals surface area contributed by atoms with Crippen LogP contribution in [-0.4, -0.2) is 42.1 Å². The molecule has 2 N–H and O–H groups in total. The molecule has 8 heteroatoms. The van der Waals surface area contributed by atoms with Crippen molar-refractivity contribution in [1.82, 2.24) is 4.90 Å². The number of carbonyl (C=O) groups is 2. The number of carboxylic acids is 1. The van der Waals surface area contributed by atoms with Gasteiger partial charge in [0, 0.05) is 24.3 Å². The summed E-state index contributed by atoms with van der Waals surface area (Å²) in [7, 11) is 1.46. The molecule has 1 heterocycles. The van der Waals surface area contributed by atoms with Crippen molar-refractivity contribution in [3.63, 3.8) is 0 Å². The van der Waals surface area contributed by atoms with Crippen molar-refractivity contribution in [2.45, 2.75) is 12.8 Å². The maximum Gasteiger partial charge on any atom is 0.306 e. The zero-order valence-electron chi connectivity index (χ0n) is 13.7. The Balaban J connectivity index is 2.08. The number of anilines is 1. The SMILES string of the molecule is COc1ccc(Cl)cc1NC(=O)/C(C#N)=C\N1CCC(C(=O)O)CC1. The van der Waals surface area contributed by atoms with E-state index in [1.165, 1.54) is 19.4 Å². The molecule has 0 radical (unpaired) electrons. The highest BCUT2D eigenvalue weighted by atomic mass is 35.5. The molecule has 1 aromatic carbocycles. The summed E-state index contributed by atoms with van der Waals surface area (Å²) >= 11 is 5.92. The average Bonchev–Trinajstić information content (AvgIpc) is 2.60. The molecule has 0 bridgehead atoms. The second kappa shape index (κ2) is 8.40. The van der Waals surface area contributed by atoms with Crippen LogP contribution in [0.25, 0.3) is 0 Å². The summed E-state index contributed by atoms with van der Waals surface area (Å²) in [5.41, 5.74) is 0.293. The standard InChI is InChI=1S/C17H18ClN3O4/c1-25-15-3-2-13(18)8-14(15)20-16(22)12(9-19)10-21-6-4-11(5-7-21)17(23)24/h2-3,8,10-11H,4-7H2,1H3,(H,20,22)(H,23,24)/b12-10-. The Kier molecular flexibility index (Phi) is 6.25. The van der Waals surface area contributed by atoms with E-state index in [0.717, 1.165) is 0 Å². The topological polar surface area (TPSA) is 103 Å². The lowest BCUT2D eigenvalue weighted by Gasteiger charge is -2.29. The summed E-state index contributed by atoms with van der Waals surface area (Å²) in [4.78, 5) is 25.1. The van der Waals surface area contributed by atoms with Gasteiger partial charge < -0.3 is 20.1 Å². The van der Waals surface area contributed by atoms with Gasteiger partial charge in [-0.3, -0.25) is 9.59 Å². The number of nitriles is 1. The van der Waals surface area contributed by atoms with Gasteiger partial charge in [0.2, 0.25) is 0 Å². The Morgan fingerprint density at radius 2 is 2.12 bits per heavy atom. The molecular weight excluding hydrogens is 346 g/mol. The fourth-order valence-corrected chi connectivity index (χ4v) is 2.74. The van der Waals surface area contributed by atoms with Gasteiger partial charge in [-0.1, -0.05) is 11.6 Å². The minimum atomic E-state index is -0.810. The third-order valence-corrected chi connectivity index (χ3v) is 4.20. The quantitative estimate of drug-likeness (QED) is 0.615. The van der Waals surface area contributed by atoms with Crippen LogP contribution >= 0.6 is 11.6 Å². The molecule has 7 nitrogen and oxygen atoms in total. The van der Waals surface area contributed by atoms with Crippen molar-refractivity contribution in [3.8, 4) is 11.8 Å². The maximum atomic E-state index is 12.3. The van der Waals surface area contributed by atoms with Crippen molar-refractivity contribution >= 4 is 29.2 Å². The molecule has 0 saturated carbocycles. The molecule has 0 aromatic heterocycles. The maximum absolute atomic E-state index is 12.3. The number of piperidine rings is 1. The first-order valence-electron chi connectivity index (χ1n) is 7.68. The number of likely N-dealkylation sites (tertiary alicyclic amines) is 1. The highest BCUT2D eigenvalue weighted by Crippen LogP contribution is 2.28. The lowest BCUT2D eigenvalue weighted by Crippen LogP contribution is -2.33. The van der Waals surface area contributed by atoms with Gasteiger partial charge in [-0.15, -0.1) is 0 Å².